The van der Waals surface area contributed by atoms with Crippen molar-refractivity contribution < 1.29 is 9.50 Å². The third-order valence-corrected chi connectivity index (χ3v) is 11.5. The SMILES string of the molecule is CC(C)[Si](C#Cc1cccc2c(F)c(O)ccc12)(C(C)C)C(C)C. The molecule has 2 aromatic carbocycles. The van der Waals surface area contributed by atoms with Gasteiger partial charge in [0.1, 0.15) is 8.07 Å². The van der Waals surface area contributed by atoms with Crippen LogP contribution < -0.4 is 0 Å². The first-order chi connectivity index (χ1) is 11.2. The van der Waals surface area contributed by atoms with Crippen molar-refractivity contribution >= 4 is 18.8 Å². The Hall–Kier alpha value is -1.79. The lowest BCUT2D eigenvalue weighted by atomic mass is 10.0. The zero-order valence-corrected chi connectivity index (χ0v) is 16.4. The Labute approximate surface area is 145 Å². The average Bonchev–Trinajstić information content (AvgIpc) is 2.50. The van der Waals surface area contributed by atoms with Gasteiger partial charge in [-0.1, -0.05) is 59.6 Å². The molecule has 0 heterocycles. The summed E-state index contributed by atoms with van der Waals surface area (Å²) < 4.78 is 14.1. The summed E-state index contributed by atoms with van der Waals surface area (Å²) in [6, 6.07) is 8.58. The van der Waals surface area contributed by atoms with Gasteiger partial charge in [0.25, 0.3) is 0 Å². The van der Waals surface area contributed by atoms with Gasteiger partial charge in [-0.2, -0.15) is 0 Å². The monoisotopic (exact) mass is 342 g/mol. The van der Waals surface area contributed by atoms with Crippen LogP contribution in [-0.2, 0) is 0 Å². The summed E-state index contributed by atoms with van der Waals surface area (Å²) in [5.41, 5.74) is 6.18. The Bertz CT molecular complexity index is 775. The second-order valence-corrected chi connectivity index (χ2v) is 13.0. The highest BCUT2D eigenvalue weighted by Gasteiger charge is 2.41. The third kappa shape index (κ3) is 3.08. The molecule has 2 rings (SSSR count). The van der Waals surface area contributed by atoms with E-state index in [4.69, 9.17) is 0 Å². The van der Waals surface area contributed by atoms with Crippen LogP contribution in [0.15, 0.2) is 30.3 Å². The second kappa shape index (κ2) is 6.99. The standard InChI is InChI=1S/C21H27FOSi/c1-14(2)24(15(3)4,16(5)6)13-12-17-8-7-9-19-18(17)10-11-20(23)21(19)22/h7-11,14-16,23H,1-6H3. The first kappa shape index (κ1) is 18.5. The molecule has 0 saturated heterocycles. The van der Waals surface area contributed by atoms with Crippen LogP contribution in [0.5, 0.6) is 5.75 Å². The number of phenols is 1. The van der Waals surface area contributed by atoms with Crippen molar-refractivity contribution in [1.29, 1.82) is 0 Å². The van der Waals surface area contributed by atoms with Crippen molar-refractivity contribution in [3.8, 4) is 17.2 Å². The number of halogens is 1. The minimum atomic E-state index is -1.83. The van der Waals surface area contributed by atoms with Crippen LogP contribution in [0.25, 0.3) is 10.8 Å². The molecular formula is C21H27FOSi. The Morgan fingerprint density at radius 2 is 1.46 bits per heavy atom. The van der Waals surface area contributed by atoms with E-state index in [2.05, 4.69) is 53.0 Å². The maximum absolute atomic E-state index is 14.1. The zero-order valence-electron chi connectivity index (χ0n) is 15.4. The van der Waals surface area contributed by atoms with Crippen molar-refractivity contribution in [3.63, 3.8) is 0 Å². The van der Waals surface area contributed by atoms with Crippen molar-refractivity contribution in [3.05, 3.63) is 41.7 Å². The summed E-state index contributed by atoms with van der Waals surface area (Å²) in [5.74, 6) is 2.49. The maximum Gasteiger partial charge on any atom is 0.172 e. The van der Waals surface area contributed by atoms with E-state index in [-0.39, 0.29) is 5.75 Å². The highest BCUT2D eigenvalue weighted by Crippen LogP contribution is 2.41. The lowest BCUT2D eigenvalue weighted by Crippen LogP contribution is -2.43. The molecule has 0 aliphatic carbocycles. The van der Waals surface area contributed by atoms with Crippen molar-refractivity contribution in [1.82, 2.24) is 0 Å². The van der Waals surface area contributed by atoms with Gasteiger partial charge in [-0.3, -0.25) is 0 Å². The number of aromatic hydroxyl groups is 1. The van der Waals surface area contributed by atoms with Crippen LogP contribution >= 0.6 is 0 Å². The van der Waals surface area contributed by atoms with Gasteiger partial charge in [-0.25, -0.2) is 4.39 Å². The highest BCUT2D eigenvalue weighted by atomic mass is 28.3. The molecule has 0 atom stereocenters. The Morgan fingerprint density at radius 1 is 0.875 bits per heavy atom. The average molecular weight is 343 g/mol. The third-order valence-electron chi connectivity index (χ3n) is 5.26. The number of rotatable bonds is 3. The molecule has 0 bridgehead atoms. The molecule has 24 heavy (non-hydrogen) atoms. The van der Waals surface area contributed by atoms with E-state index in [1.54, 1.807) is 18.2 Å². The lowest BCUT2D eigenvalue weighted by Gasteiger charge is -2.38. The summed E-state index contributed by atoms with van der Waals surface area (Å²) >= 11 is 0. The van der Waals surface area contributed by atoms with Crippen molar-refractivity contribution in [2.75, 3.05) is 0 Å². The zero-order chi connectivity index (χ0) is 18.1. The summed E-state index contributed by atoms with van der Waals surface area (Å²) in [4.78, 5) is 0. The minimum Gasteiger partial charge on any atom is -0.505 e. The molecule has 0 aromatic heterocycles. The molecule has 1 nitrogen and oxygen atoms in total. The minimum absolute atomic E-state index is 0.317. The molecule has 0 radical (unpaired) electrons. The number of fused-ring (bicyclic) bond motifs is 1. The van der Waals surface area contributed by atoms with Crippen LogP contribution in [0.2, 0.25) is 16.6 Å². The number of hydrogen-bond acceptors (Lipinski definition) is 1. The van der Waals surface area contributed by atoms with E-state index in [9.17, 15) is 9.50 Å². The molecule has 2 aromatic rings. The van der Waals surface area contributed by atoms with Gasteiger partial charge in [0.15, 0.2) is 11.6 Å². The molecule has 3 heteroatoms. The molecule has 1 N–H and O–H groups in total. The van der Waals surface area contributed by atoms with E-state index < -0.39 is 13.9 Å². The van der Waals surface area contributed by atoms with E-state index in [0.29, 0.717) is 22.0 Å². The molecular weight excluding hydrogens is 315 g/mol. The first-order valence-electron chi connectivity index (χ1n) is 8.65. The van der Waals surface area contributed by atoms with Crippen LogP contribution in [0.1, 0.15) is 47.1 Å². The fourth-order valence-corrected chi connectivity index (χ4v) is 9.24. The number of benzene rings is 2. The predicted octanol–water partition coefficient (Wildman–Crippen LogP) is 6.25. The van der Waals surface area contributed by atoms with E-state index in [0.717, 1.165) is 10.9 Å². The predicted molar refractivity (Wildman–Crippen MR) is 103 cm³/mol. The Morgan fingerprint density at radius 3 is 2.00 bits per heavy atom. The topological polar surface area (TPSA) is 20.2 Å². The fourth-order valence-electron chi connectivity index (χ4n) is 4.03. The van der Waals surface area contributed by atoms with Crippen molar-refractivity contribution in [2.24, 2.45) is 0 Å². The molecule has 0 amide bonds. The van der Waals surface area contributed by atoms with Crippen LogP contribution in [-0.4, -0.2) is 13.2 Å². The summed E-state index contributed by atoms with van der Waals surface area (Å²) in [6.45, 7) is 13.7. The molecule has 0 unspecified atom stereocenters. The largest absolute Gasteiger partial charge is 0.505 e. The maximum atomic E-state index is 14.1. The van der Waals surface area contributed by atoms with Crippen LogP contribution in [0.3, 0.4) is 0 Å². The van der Waals surface area contributed by atoms with Crippen molar-refractivity contribution in [2.45, 2.75) is 58.2 Å². The van der Waals surface area contributed by atoms with Gasteiger partial charge in [0.05, 0.1) is 0 Å². The van der Waals surface area contributed by atoms with Gasteiger partial charge < -0.3 is 5.11 Å². The first-order valence-corrected chi connectivity index (χ1v) is 10.9. The highest BCUT2D eigenvalue weighted by molar-refractivity contribution is 6.90. The summed E-state index contributed by atoms with van der Waals surface area (Å²) in [7, 11) is -1.83. The number of phenolic OH excluding ortho intramolecular Hbond substituents is 1. The molecule has 0 spiro atoms. The van der Waals surface area contributed by atoms with E-state index >= 15 is 0 Å². The van der Waals surface area contributed by atoms with E-state index in [1.165, 1.54) is 6.07 Å². The second-order valence-electron chi connectivity index (χ2n) is 7.45. The van der Waals surface area contributed by atoms with Gasteiger partial charge in [0, 0.05) is 16.3 Å². The fraction of sp³-hybridized carbons (Fsp3) is 0.429. The normalized spacial score (nSPS) is 12.1. The summed E-state index contributed by atoms with van der Waals surface area (Å²) in [5, 5.41) is 10.8. The smallest absolute Gasteiger partial charge is 0.172 e. The van der Waals surface area contributed by atoms with E-state index in [1.807, 2.05) is 6.07 Å². The van der Waals surface area contributed by atoms with Gasteiger partial charge in [-0.05, 0) is 34.8 Å². The lowest BCUT2D eigenvalue weighted by molar-refractivity contribution is 0.436. The number of hydrogen-bond donors (Lipinski definition) is 1. The molecule has 0 aliphatic rings. The van der Waals surface area contributed by atoms with Gasteiger partial charge in [-0.15, -0.1) is 5.54 Å². The summed E-state index contributed by atoms with van der Waals surface area (Å²) in [6.07, 6.45) is 0. The van der Waals surface area contributed by atoms with Gasteiger partial charge in [0.2, 0.25) is 0 Å². The molecule has 128 valence electrons. The Balaban J connectivity index is 2.66. The van der Waals surface area contributed by atoms with Gasteiger partial charge >= 0.3 is 0 Å². The quantitative estimate of drug-likeness (QED) is 0.516. The Kier molecular flexibility index (Phi) is 5.40. The van der Waals surface area contributed by atoms with Crippen LogP contribution in [0, 0.1) is 17.3 Å². The molecule has 0 fully saturated rings. The van der Waals surface area contributed by atoms with Crippen LogP contribution in [0.4, 0.5) is 4.39 Å². The molecule has 0 aliphatic heterocycles. The molecule has 0 saturated carbocycles.